The quantitative estimate of drug-likeness (QED) is 0.717. The van der Waals surface area contributed by atoms with E-state index < -0.39 is 10.8 Å². The van der Waals surface area contributed by atoms with Gasteiger partial charge in [0.2, 0.25) is 5.91 Å². The van der Waals surface area contributed by atoms with E-state index in [0.717, 1.165) is 6.42 Å². The lowest BCUT2D eigenvalue weighted by Gasteiger charge is -2.08. The Morgan fingerprint density at radius 1 is 1.38 bits per heavy atom. The fourth-order valence-corrected chi connectivity index (χ4v) is 3.35. The molecule has 118 valence electrons. The SMILES string of the molecule is CC(C)CCS(=O)CCCC(=O)Nc1ccc(N)cc1Cl. The molecular formula is C15H23ClN2O2S. The van der Waals surface area contributed by atoms with Crippen molar-refractivity contribution in [3.63, 3.8) is 0 Å². The van der Waals surface area contributed by atoms with E-state index in [1.807, 2.05) is 0 Å². The van der Waals surface area contributed by atoms with Crippen molar-refractivity contribution in [1.82, 2.24) is 0 Å². The lowest BCUT2D eigenvalue weighted by molar-refractivity contribution is -0.116. The van der Waals surface area contributed by atoms with Gasteiger partial charge in [0.15, 0.2) is 0 Å². The second kappa shape index (κ2) is 9.05. The molecule has 0 aromatic heterocycles. The van der Waals surface area contributed by atoms with Gasteiger partial charge in [0.25, 0.3) is 0 Å². The number of hydrogen-bond acceptors (Lipinski definition) is 3. The van der Waals surface area contributed by atoms with Crippen molar-refractivity contribution >= 4 is 39.7 Å². The number of rotatable bonds is 8. The van der Waals surface area contributed by atoms with Gasteiger partial charge in [-0.05, 0) is 37.0 Å². The molecule has 0 saturated carbocycles. The number of anilines is 2. The molecule has 0 aliphatic heterocycles. The average molecular weight is 331 g/mol. The van der Waals surface area contributed by atoms with Gasteiger partial charge in [0.1, 0.15) is 0 Å². The maximum Gasteiger partial charge on any atom is 0.224 e. The van der Waals surface area contributed by atoms with Crippen molar-refractivity contribution in [3.8, 4) is 0 Å². The van der Waals surface area contributed by atoms with Crippen LogP contribution >= 0.6 is 11.6 Å². The van der Waals surface area contributed by atoms with Gasteiger partial charge in [0, 0.05) is 34.4 Å². The highest BCUT2D eigenvalue weighted by molar-refractivity contribution is 7.84. The van der Waals surface area contributed by atoms with Crippen LogP contribution in [0.5, 0.6) is 0 Å². The van der Waals surface area contributed by atoms with Crippen molar-refractivity contribution < 1.29 is 9.00 Å². The lowest BCUT2D eigenvalue weighted by atomic mass is 10.2. The fraction of sp³-hybridized carbons (Fsp3) is 0.533. The van der Waals surface area contributed by atoms with Crippen LogP contribution in [0.2, 0.25) is 5.02 Å². The predicted molar refractivity (Wildman–Crippen MR) is 91.1 cm³/mol. The highest BCUT2D eigenvalue weighted by Crippen LogP contribution is 2.24. The Morgan fingerprint density at radius 3 is 2.71 bits per heavy atom. The first kappa shape index (κ1) is 18.0. The molecule has 3 N–H and O–H groups in total. The van der Waals surface area contributed by atoms with E-state index in [-0.39, 0.29) is 5.91 Å². The molecule has 1 aromatic rings. The minimum Gasteiger partial charge on any atom is -0.399 e. The molecular weight excluding hydrogens is 308 g/mol. The monoisotopic (exact) mass is 330 g/mol. The number of halogens is 1. The van der Waals surface area contributed by atoms with Gasteiger partial charge in [0.05, 0.1) is 10.7 Å². The maximum absolute atomic E-state index is 11.8. The van der Waals surface area contributed by atoms with Crippen molar-refractivity contribution in [2.45, 2.75) is 33.1 Å². The van der Waals surface area contributed by atoms with Gasteiger partial charge < -0.3 is 11.1 Å². The normalized spacial score (nSPS) is 12.4. The zero-order chi connectivity index (χ0) is 15.8. The molecule has 0 radical (unpaired) electrons. The average Bonchev–Trinajstić information content (AvgIpc) is 2.39. The highest BCUT2D eigenvalue weighted by Gasteiger charge is 2.08. The van der Waals surface area contributed by atoms with Crippen molar-refractivity contribution in [1.29, 1.82) is 0 Å². The van der Waals surface area contributed by atoms with Gasteiger partial charge in [-0.25, -0.2) is 0 Å². The Labute approximate surface area is 133 Å². The van der Waals surface area contributed by atoms with E-state index in [2.05, 4.69) is 19.2 Å². The minimum atomic E-state index is -0.834. The molecule has 0 heterocycles. The molecule has 0 saturated heterocycles. The van der Waals surface area contributed by atoms with Crippen molar-refractivity contribution in [2.24, 2.45) is 5.92 Å². The smallest absolute Gasteiger partial charge is 0.224 e. The zero-order valence-corrected chi connectivity index (χ0v) is 14.1. The molecule has 0 aliphatic rings. The van der Waals surface area contributed by atoms with E-state index in [9.17, 15) is 9.00 Å². The number of carbonyl (C=O) groups excluding carboxylic acids is 1. The molecule has 1 rings (SSSR count). The van der Waals surface area contributed by atoms with Crippen LogP contribution in [0.15, 0.2) is 18.2 Å². The van der Waals surface area contributed by atoms with Crippen LogP contribution in [0.4, 0.5) is 11.4 Å². The van der Waals surface area contributed by atoms with Crippen LogP contribution in [0.1, 0.15) is 33.1 Å². The molecule has 0 bridgehead atoms. The van der Waals surface area contributed by atoms with Crippen LogP contribution in [-0.4, -0.2) is 21.6 Å². The molecule has 0 spiro atoms. The second-order valence-corrected chi connectivity index (χ2v) is 7.52. The third kappa shape index (κ3) is 7.48. The highest BCUT2D eigenvalue weighted by atomic mass is 35.5. The summed E-state index contributed by atoms with van der Waals surface area (Å²) in [7, 11) is -0.834. The number of nitrogens with one attached hydrogen (secondary N) is 1. The maximum atomic E-state index is 11.8. The second-order valence-electron chi connectivity index (χ2n) is 5.42. The molecule has 0 fully saturated rings. The molecule has 1 amide bonds. The van der Waals surface area contributed by atoms with E-state index in [1.165, 1.54) is 0 Å². The van der Waals surface area contributed by atoms with Gasteiger partial charge in [-0.3, -0.25) is 9.00 Å². The van der Waals surface area contributed by atoms with Gasteiger partial charge in [-0.2, -0.15) is 0 Å². The minimum absolute atomic E-state index is 0.123. The first-order chi connectivity index (χ1) is 9.88. The zero-order valence-electron chi connectivity index (χ0n) is 12.5. The number of hydrogen-bond donors (Lipinski definition) is 2. The number of amides is 1. The van der Waals surface area contributed by atoms with Crippen molar-refractivity contribution in [3.05, 3.63) is 23.2 Å². The third-order valence-corrected chi connectivity index (χ3v) is 4.71. The van der Waals surface area contributed by atoms with Crippen LogP contribution in [0.25, 0.3) is 0 Å². The molecule has 0 aliphatic carbocycles. The standard InChI is InChI=1S/C15H23ClN2O2S/c1-11(2)7-9-21(20)8-3-4-15(19)18-14-6-5-12(17)10-13(14)16/h5-6,10-11H,3-4,7-9,17H2,1-2H3,(H,18,19). The summed E-state index contributed by atoms with van der Waals surface area (Å²) in [6, 6.07) is 4.96. The number of benzene rings is 1. The molecule has 6 heteroatoms. The summed E-state index contributed by atoms with van der Waals surface area (Å²) >= 11 is 5.99. The molecule has 4 nitrogen and oxygen atoms in total. The number of nitrogens with two attached hydrogens (primary N) is 1. The summed E-state index contributed by atoms with van der Waals surface area (Å²) in [6.45, 7) is 4.22. The Hall–Kier alpha value is -1.07. The topological polar surface area (TPSA) is 72.2 Å². The summed E-state index contributed by atoms with van der Waals surface area (Å²) in [5, 5.41) is 3.16. The van der Waals surface area contributed by atoms with Crippen LogP contribution < -0.4 is 11.1 Å². The van der Waals surface area contributed by atoms with Gasteiger partial charge in [-0.15, -0.1) is 0 Å². The van der Waals surface area contributed by atoms with Gasteiger partial charge in [-0.1, -0.05) is 25.4 Å². The Balaban J connectivity index is 2.29. The van der Waals surface area contributed by atoms with E-state index in [0.29, 0.717) is 46.7 Å². The van der Waals surface area contributed by atoms with Crippen LogP contribution in [-0.2, 0) is 15.6 Å². The predicted octanol–water partition coefficient (Wildman–Crippen LogP) is 3.44. The largest absolute Gasteiger partial charge is 0.399 e. The molecule has 21 heavy (non-hydrogen) atoms. The van der Waals surface area contributed by atoms with E-state index >= 15 is 0 Å². The first-order valence-electron chi connectivity index (χ1n) is 7.08. The summed E-state index contributed by atoms with van der Waals surface area (Å²) in [4.78, 5) is 11.8. The summed E-state index contributed by atoms with van der Waals surface area (Å²) < 4.78 is 11.7. The van der Waals surface area contributed by atoms with Gasteiger partial charge >= 0.3 is 0 Å². The van der Waals surface area contributed by atoms with E-state index in [1.54, 1.807) is 18.2 Å². The molecule has 1 aromatic carbocycles. The summed E-state index contributed by atoms with van der Waals surface area (Å²) in [5.41, 5.74) is 6.70. The van der Waals surface area contributed by atoms with E-state index in [4.69, 9.17) is 17.3 Å². The van der Waals surface area contributed by atoms with Crippen LogP contribution in [0, 0.1) is 5.92 Å². The first-order valence-corrected chi connectivity index (χ1v) is 8.95. The molecule has 1 atom stereocenters. The van der Waals surface area contributed by atoms with Crippen LogP contribution in [0.3, 0.4) is 0 Å². The Bertz CT molecular complexity index is 506. The summed E-state index contributed by atoms with van der Waals surface area (Å²) in [5.74, 6) is 1.71. The third-order valence-electron chi connectivity index (χ3n) is 2.97. The summed E-state index contributed by atoms with van der Waals surface area (Å²) in [6.07, 6.45) is 1.91. The Kier molecular flexibility index (Phi) is 7.75. The molecule has 1 unspecified atom stereocenters. The Morgan fingerprint density at radius 2 is 2.10 bits per heavy atom. The fourth-order valence-electron chi connectivity index (χ4n) is 1.71. The number of carbonyl (C=O) groups is 1. The van der Waals surface area contributed by atoms with Crippen molar-refractivity contribution in [2.75, 3.05) is 22.6 Å². The number of nitrogen functional groups attached to an aromatic ring is 1. The lowest BCUT2D eigenvalue weighted by Crippen LogP contribution is -2.14.